The third-order valence-electron chi connectivity index (χ3n) is 5.24. The second-order valence-corrected chi connectivity index (χ2v) is 7.22. The van der Waals surface area contributed by atoms with E-state index in [9.17, 15) is 8.78 Å². The Kier molecular flexibility index (Phi) is 5.13. The molecule has 8 nitrogen and oxygen atoms in total. The number of rotatable bonds is 5. The van der Waals surface area contributed by atoms with Crippen LogP contribution in [0.1, 0.15) is 5.69 Å². The van der Waals surface area contributed by atoms with Crippen molar-refractivity contribution in [2.45, 2.75) is 6.54 Å². The third-order valence-corrected chi connectivity index (χ3v) is 5.24. The van der Waals surface area contributed by atoms with Crippen LogP contribution in [-0.2, 0) is 6.54 Å². The van der Waals surface area contributed by atoms with Crippen molar-refractivity contribution in [3.05, 3.63) is 60.3 Å². The smallest absolute Gasteiger partial charge is 0.225 e. The van der Waals surface area contributed by atoms with Gasteiger partial charge in [-0.1, -0.05) is 6.07 Å². The van der Waals surface area contributed by atoms with Crippen LogP contribution in [0.15, 0.2) is 43.0 Å². The van der Waals surface area contributed by atoms with Gasteiger partial charge in [0.1, 0.15) is 17.8 Å². The van der Waals surface area contributed by atoms with Crippen molar-refractivity contribution in [1.29, 1.82) is 0 Å². The number of anilines is 2. The molecule has 0 saturated carbocycles. The largest absolute Gasteiger partial charge is 0.364 e. The summed E-state index contributed by atoms with van der Waals surface area (Å²) in [5, 5.41) is 7.31. The van der Waals surface area contributed by atoms with Gasteiger partial charge in [-0.15, -0.1) is 0 Å². The number of hydrogen-bond donors (Lipinski definition) is 3. The van der Waals surface area contributed by atoms with E-state index in [0.717, 1.165) is 37.9 Å². The Balaban J connectivity index is 1.42. The van der Waals surface area contributed by atoms with Gasteiger partial charge in [0.2, 0.25) is 5.95 Å². The molecule has 1 fully saturated rings. The fourth-order valence-electron chi connectivity index (χ4n) is 3.66. The van der Waals surface area contributed by atoms with E-state index in [0.29, 0.717) is 40.5 Å². The fraction of sp³-hybridized carbons (Fsp3) is 0.238. The maximum atomic E-state index is 13.8. The molecule has 1 saturated heterocycles. The maximum absolute atomic E-state index is 13.8. The van der Waals surface area contributed by atoms with Crippen LogP contribution >= 0.6 is 0 Å². The Morgan fingerprint density at radius 1 is 1.03 bits per heavy atom. The van der Waals surface area contributed by atoms with E-state index in [-0.39, 0.29) is 0 Å². The van der Waals surface area contributed by atoms with Crippen LogP contribution in [-0.4, -0.2) is 51.1 Å². The Morgan fingerprint density at radius 3 is 2.74 bits per heavy atom. The Bertz CT molecular complexity index is 1220. The summed E-state index contributed by atoms with van der Waals surface area (Å²) >= 11 is 0. The predicted molar refractivity (Wildman–Crippen MR) is 114 cm³/mol. The molecular formula is C21H20F2N8. The molecule has 0 unspecified atom stereocenters. The molecule has 0 atom stereocenters. The molecule has 1 aromatic carbocycles. The van der Waals surface area contributed by atoms with E-state index in [1.165, 1.54) is 18.5 Å². The molecule has 0 aliphatic carbocycles. The molecule has 1 aliphatic heterocycles. The molecular weight excluding hydrogens is 402 g/mol. The lowest BCUT2D eigenvalue weighted by atomic mass is 10.1. The maximum Gasteiger partial charge on any atom is 0.225 e. The molecule has 4 aromatic rings. The van der Waals surface area contributed by atoms with Gasteiger partial charge in [-0.2, -0.15) is 0 Å². The Hall–Kier alpha value is -3.66. The van der Waals surface area contributed by atoms with Crippen molar-refractivity contribution in [3.8, 4) is 11.1 Å². The molecule has 3 N–H and O–H groups in total. The van der Waals surface area contributed by atoms with E-state index in [4.69, 9.17) is 0 Å². The molecule has 0 amide bonds. The van der Waals surface area contributed by atoms with Crippen LogP contribution in [0.2, 0.25) is 0 Å². The average molecular weight is 422 g/mol. The molecule has 158 valence electrons. The highest BCUT2D eigenvalue weighted by atomic mass is 19.2. The van der Waals surface area contributed by atoms with Gasteiger partial charge in [-0.3, -0.25) is 0 Å². The minimum atomic E-state index is -0.903. The van der Waals surface area contributed by atoms with Crippen molar-refractivity contribution in [3.63, 3.8) is 0 Å². The second-order valence-electron chi connectivity index (χ2n) is 7.22. The lowest BCUT2D eigenvalue weighted by molar-refractivity contribution is 0.509. The topological polar surface area (TPSA) is 94.7 Å². The van der Waals surface area contributed by atoms with Gasteiger partial charge in [0.05, 0.1) is 17.6 Å². The molecule has 0 radical (unpaired) electrons. The molecule has 5 rings (SSSR count). The minimum Gasteiger partial charge on any atom is -0.364 e. The quantitative estimate of drug-likeness (QED) is 0.455. The first-order valence-corrected chi connectivity index (χ1v) is 9.98. The molecule has 4 heterocycles. The normalized spacial score (nSPS) is 14.2. The van der Waals surface area contributed by atoms with E-state index in [2.05, 4.69) is 40.5 Å². The molecule has 31 heavy (non-hydrogen) atoms. The lowest BCUT2D eigenvalue weighted by Crippen LogP contribution is -2.44. The minimum absolute atomic E-state index is 0.427. The summed E-state index contributed by atoms with van der Waals surface area (Å²) in [6, 6.07) is 5.66. The average Bonchev–Trinajstić information content (AvgIpc) is 3.25. The number of halogens is 2. The van der Waals surface area contributed by atoms with Crippen molar-refractivity contribution in [2.24, 2.45) is 0 Å². The van der Waals surface area contributed by atoms with E-state index in [1.54, 1.807) is 12.4 Å². The highest BCUT2D eigenvalue weighted by Gasteiger charge is 2.16. The van der Waals surface area contributed by atoms with Gasteiger partial charge in [-0.05, 0) is 23.8 Å². The summed E-state index contributed by atoms with van der Waals surface area (Å²) < 4.78 is 27.1. The van der Waals surface area contributed by atoms with Crippen molar-refractivity contribution in [2.75, 3.05) is 36.4 Å². The highest BCUT2D eigenvalue weighted by Crippen LogP contribution is 2.32. The van der Waals surface area contributed by atoms with Gasteiger partial charge >= 0.3 is 0 Å². The van der Waals surface area contributed by atoms with Crippen LogP contribution in [0.5, 0.6) is 0 Å². The highest BCUT2D eigenvalue weighted by molar-refractivity contribution is 6.00. The molecule has 0 spiro atoms. The lowest BCUT2D eigenvalue weighted by Gasteiger charge is -2.27. The number of nitrogens with one attached hydrogen (secondary N) is 3. The third kappa shape index (κ3) is 3.89. The Morgan fingerprint density at radius 2 is 1.90 bits per heavy atom. The van der Waals surface area contributed by atoms with Crippen LogP contribution in [0.3, 0.4) is 0 Å². The fourth-order valence-corrected chi connectivity index (χ4v) is 3.66. The number of aromatic nitrogens is 5. The zero-order chi connectivity index (χ0) is 21.2. The number of piperazine rings is 1. The summed E-state index contributed by atoms with van der Waals surface area (Å²) in [4.78, 5) is 22.9. The number of nitrogens with zero attached hydrogens (tertiary/aromatic N) is 5. The number of H-pyrrole nitrogens is 1. The second kappa shape index (κ2) is 8.23. The summed E-state index contributed by atoms with van der Waals surface area (Å²) in [5.74, 6) is -0.507. The Labute approximate surface area is 176 Å². The van der Waals surface area contributed by atoms with Gasteiger partial charge < -0.3 is 20.5 Å². The predicted octanol–water partition coefficient (Wildman–Crippen LogP) is 2.71. The number of aromatic amines is 1. The van der Waals surface area contributed by atoms with Crippen molar-refractivity contribution < 1.29 is 8.78 Å². The van der Waals surface area contributed by atoms with E-state index < -0.39 is 11.6 Å². The van der Waals surface area contributed by atoms with Crippen molar-refractivity contribution in [1.82, 2.24) is 30.2 Å². The van der Waals surface area contributed by atoms with E-state index >= 15 is 0 Å². The summed E-state index contributed by atoms with van der Waals surface area (Å²) in [6.45, 7) is 3.97. The van der Waals surface area contributed by atoms with Gasteiger partial charge in [-0.25, -0.2) is 28.7 Å². The molecule has 0 bridgehead atoms. The monoisotopic (exact) mass is 422 g/mol. The zero-order valence-corrected chi connectivity index (χ0v) is 16.6. The van der Waals surface area contributed by atoms with Gasteiger partial charge in [0.15, 0.2) is 11.6 Å². The van der Waals surface area contributed by atoms with Crippen LogP contribution in [0.25, 0.3) is 22.2 Å². The van der Waals surface area contributed by atoms with E-state index in [1.807, 2.05) is 6.07 Å². The molecule has 1 aliphatic rings. The first-order valence-electron chi connectivity index (χ1n) is 9.98. The van der Waals surface area contributed by atoms with Crippen LogP contribution in [0.4, 0.5) is 20.5 Å². The molecule has 3 aromatic heterocycles. The number of benzene rings is 1. The molecule has 10 heteroatoms. The number of hydrogen-bond acceptors (Lipinski definition) is 7. The first-order chi connectivity index (χ1) is 15.2. The zero-order valence-electron chi connectivity index (χ0n) is 16.6. The van der Waals surface area contributed by atoms with Crippen LogP contribution in [0, 0.1) is 11.6 Å². The SMILES string of the molecule is Fc1ccc(-c2c[nH]c3ncnc(NCc4ccnc(N5CCNCC5)n4)c23)cc1F. The standard InChI is InChI=1S/C21H20F2N8/c22-16-2-1-13(9-17(16)23)15-11-27-20-18(15)19(28-12-29-20)26-10-14-3-4-25-21(30-14)31-7-5-24-6-8-31/h1-4,9,11-12,24H,5-8,10H2,(H2,26,27,28,29). The number of fused-ring (bicyclic) bond motifs is 1. The first kappa shape index (κ1) is 19.3. The van der Waals surface area contributed by atoms with Gasteiger partial charge in [0.25, 0.3) is 0 Å². The summed E-state index contributed by atoms with van der Waals surface area (Å²) in [7, 11) is 0. The summed E-state index contributed by atoms with van der Waals surface area (Å²) in [5.41, 5.74) is 2.63. The van der Waals surface area contributed by atoms with Crippen molar-refractivity contribution >= 4 is 22.8 Å². The summed E-state index contributed by atoms with van der Waals surface area (Å²) in [6.07, 6.45) is 4.91. The van der Waals surface area contributed by atoms with Gasteiger partial charge in [0, 0.05) is 44.1 Å². The van der Waals surface area contributed by atoms with Crippen LogP contribution < -0.4 is 15.5 Å².